The molecule has 1 heterocycles. The third kappa shape index (κ3) is 0.0452. The Morgan fingerprint density at radius 2 is 2.00 bits per heavy atom. The van der Waals surface area contributed by atoms with Gasteiger partial charge >= 0.3 is 24.1 Å². The van der Waals surface area contributed by atoms with Crippen molar-refractivity contribution in [2.45, 2.75) is 0 Å². The summed E-state index contributed by atoms with van der Waals surface area (Å²) < 4.78 is 0. The minimum atomic E-state index is 1.75. The first-order valence-corrected chi connectivity index (χ1v) is 1.18. The summed E-state index contributed by atoms with van der Waals surface area (Å²) in [6.45, 7) is 0. The van der Waals surface area contributed by atoms with Gasteiger partial charge in [0.1, 0.15) is 0 Å². The molecule has 0 unspecified atom stereocenters. The predicted octanol–water partition coefficient (Wildman–Crippen LogP) is 0.359. The first-order valence-electron chi connectivity index (χ1n) is 1.18. The molecule has 0 aromatic carbocycles. The van der Waals surface area contributed by atoms with E-state index in [-0.39, 0.29) is 0 Å². The second-order valence-corrected chi connectivity index (χ2v) is 0.640. The van der Waals surface area contributed by atoms with Gasteiger partial charge in [0, 0.05) is 0 Å². The molecule has 4 heavy (non-hydrogen) atoms. The summed E-state index contributed by atoms with van der Waals surface area (Å²) in [5, 5.41) is 0. The van der Waals surface area contributed by atoms with E-state index in [1.807, 2.05) is 5.98 Å². The minimum absolute atomic E-state index is 1.75. The van der Waals surface area contributed by atoms with Crippen LogP contribution in [-0.4, -0.2) is 7.07 Å². The van der Waals surface area contributed by atoms with E-state index in [2.05, 4.69) is 4.90 Å². The Balaban J connectivity index is 2.67. The molecular weight excluding hydrogens is 48.8 g/mol. The van der Waals surface area contributed by atoms with Gasteiger partial charge in [-0.1, -0.05) is 0 Å². The molecule has 0 saturated carbocycles. The summed E-state index contributed by atoms with van der Waals surface area (Å²) in [6, 6.07) is 0. The monoisotopic (exact) mass is 51.0 g/mol. The molecule has 1 aliphatic heterocycles. The van der Waals surface area contributed by atoms with Gasteiger partial charge in [0.15, 0.2) is 0 Å². The van der Waals surface area contributed by atoms with Gasteiger partial charge in [0.25, 0.3) is 0 Å². The summed E-state index contributed by atoms with van der Waals surface area (Å²) in [5.41, 5.74) is 0. The van der Waals surface area contributed by atoms with Crippen LogP contribution < -0.4 is 0 Å². The zero-order valence-electron chi connectivity index (χ0n) is 2.18. The summed E-state index contributed by atoms with van der Waals surface area (Å²) in [6.07, 6.45) is 1.75. The van der Waals surface area contributed by atoms with E-state index in [0.717, 1.165) is 0 Å². The summed E-state index contributed by atoms with van der Waals surface area (Å²) >= 11 is 0. The van der Waals surface area contributed by atoms with Gasteiger partial charge in [-0.25, -0.2) is 0 Å². The number of hydrogen-bond acceptors (Lipinski definition) is 1. The molecule has 0 aromatic rings. The molecule has 0 atom stereocenters. The van der Waals surface area contributed by atoms with Crippen LogP contribution in [0.4, 0.5) is 0 Å². The zero-order valence-corrected chi connectivity index (χ0v) is 2.18. The molecule has 2 heteroatoms. The van der Waals surface area contributed by atoms with Gasteiger partial charge in [0.2, 0.25) is 0 Å². The van der Waals surface area contributed by atoms with E-state index < -0.39 is 0 Å². The van der Waals surface area contributed by atoms with Crippen LogP contribution in [0.25, 0.3) is 0 Å². The Labute approximate surface area is 25.3 Å². The average molecular weight is 50.9 g/mol. The topological polar surface area (TPSA) is 12.4 Å². The molecule has 0 N–H and O–H groups in total. The fourth-order valence-electron chi connectivity index (χ4n) is 0.0861. The Morgan fingerprint density at radius 3 is 2.00 bits per heavy atom. The molecule has 1 rings (SSSR count). The summed E-state index contributed by atoms with van der Waals surface area (Å²) in [5.74, 6) is 1.89. The van der Waals surface area contributed by atoms with Gasteiger partial charge in [-0.3, -0.25) is 0 Å². The second kappa shape index (κ2) is 0.516. The molecule has 0 saturated heterocycles. The maximum atomic E-state index is 3.61. The predicted molar refractivity (Wildman–Crippen MR) is 17.3 cm³/mol. The van der Waals surface area contributed by atoms with E-state index in [1.165, 1.54) is 0 Å². The van der Waals surface area contributed by atoms with Gasteiger partial charge in [-0.05, 0) is 0 Å². The van der Waals surface area contributed by atoms with Crippen molar-refractivity contribution in [1.82, 2.24) is 0 Å². The standard InChI is InChI=1S/C2H2BN/c1-2-4-3-1/h1-2H. The van der Waals surface area contributed by atoms with Crippen LogP contribution in [0.15, 0.2) is 17.1 Å². The molecule has 0 aliphatic carbocycles. The number of hydrogen-bond donors (Lipinski definition) is 0. The normalized spacial score (nSPS) is 14.0. The van der Waals surface area contributed by atoms with E-state index in [4.69, 9.17) is 0 Å². The van der Waals surface area contributed by atoms with Crippen molar-refractivity contribution in [3.8, 4) is 0 Å². The molecule has 0 aromatic heterocycles. The maximum absolute atomic E-state index is 3.61. The fraction of sp³-hybridized carbons (Fsp3) is 0. The Morgan fingerprint density at radius 1 is 1.75 bits per heavy atom. The van der Waals surface area contributed by atoms with Crippen LogP contribution in [0.3, 0.4) is 0 Å². The van der Waals surface area contributed by atoms with Crippen molar-refractivity contribution in [2.75, 3.05) is 0 Å². The molecular formula is C2H2BN. The Bertz CT molecular complexity index is 46.4. The molecule has 0 radical (unpaired) electrons. The SMILES string of the molecule is B1=NC=C1. The van der Waals surface area contributed by atoms with Crippen molar-refractivity contribution in [3.05, 3.63) is 12.2 Å². The average Bonchev–Trinajstić information content (AvgIpc) is 0.722. The first kappa shape index (κ1) is 1.88. The molecule has 0 spiro atoms. The molecule has 18 valence electrons. The van der Waals surface area contributed by atoms with Crippen molar-refractivity contribution in [1.29, 1.82) is 0 Å². The van der Waals surface area contributed by atoms with Crippen LogP contribution in [0, 0.1) is 0 Å². The van der Waals surface area contributed by atoms with Crippen molar-refractivity contribution >= 4 is 7.07 Å². The zero-order chi connectivity index (χ0) is 2.83. The van der Waals surface area contributed by atoms with E-state index in [9.17, 15) is 0 Å². The first-order chi connectivity index (χ1) is 2.00. The third-order valence-electron chi connectivity index (χ3n) is 0.344. The van der Waals surface area contributed by atoms with Gasteiger partial charge in [-0.15, -0.1) is 0 Å². The van der Waals surface area contributed by atoms with Crippen molar-refractivity contribution < 1.29 is 0 Å². The molecule has 1 aliphatic rings. The third-order valence-corrected chi connectivity index (χ3v) is 0.344. The number of rotatable bonds is 0. The second-order valence-electron chi connectivity index (χ2n) is 0.640. The molecule has 1 nitrogen and oxygen atoms in total. The van der Waals surface area contributed by atoms with Crippen molar-refractivity contribution in [2.24, 2.45) is 4.90 Å². The Kier molecular flexibility index (Phi) is 0.243. The fourth-order valence-corrected chi connectivity index (χ4v) is 0.0861. The van der Waals surface area contributed by atoms with Crippen LogP contribution in [0.2, 0.25) is 0 Å². The van der Waals surface area contributed by atoms with Gasteiger partial charge < -0.3 is 0 Å². The van der Waals surface area contributed by atoms with Crippen LogP contribution in [0.1, 0.15) is 0 Å². The molecule has 0 amide bonds. The number of nitrogens with zero attached hydrogens (tertiary/aromatic N) is 1. The van der Waals surface area contributed by atoms with E-state index >= 15 is 0 Å². The molecule has 0 fully saturated rings. The Hall–Kier alpha value is -0.395. The van der Waals surface area contributed by atoms with E-state index in [0.29, 0.717) is 0 Å². The molecule has 0 bridgehead atoms. The van der Waals surface area contributed by atoms with E-state index in [1.54, 1.807) is 13.3 Å². The van der Waals surface area contributed by atoms with Crippen molar-refractivity contribution in [3.63, 3.8) is 0 Å². The summed E-state index contributed by atoms with van der Waals surface area (Å²) in [7, 11) is 1.75. The van der Waals surface area contributed by atoms with Crippen LogP contribution in [0.5, 0.6) is 0 Å². The quantitative estimate of drug-likeness (QED) is 0.352. The van der Waals surface area contributed by atoms with Gasteiger partial charge in [0.05, 0.1) is 0 Å². The van der Waals surface area contributed by atoms with Crippen LogP contribution in [-0.2, 0) is 0 Å². The van der Waals surface area contributed by atoms with Gasteiger partial charge in [-0.2, -0.15) is 0 Å². The summed E-state index contributed by atoms with van der Waals surface area (Å²) in [4.78, 5) is 3.61. The van der Waals surface area contributed by atoms with Crippen LogP contribution >= 0.6 is 0 Å².